The van der Waals surface area contributed by atoms with Crippen molar-refractivity contribution in [3.05, 3.63) is 126 Å². The number of nitro benzene ring substituents is 2. The highest BCUT2D eigenvalue weighted by molar-refractivity contribution is 6.31. The molecule has 0 amide bonds. The zero-order valence-corrected chi connectivity index (χ0v) is 23.6. The van der Waals surface area contributed by atoms with Crippen LogP contribution in [0.5, 0.6) is 11.5 Å². The second-order valence-corrected chi connectivity index (χ2v) is 9.65. The van der Waals surface area contributed by atoms with E-state index in [0.717, 1.165) is 0 Å². The van der Waals surface area contributed by atoms with Gasteiger partial charge in [0.1, 0.15) is 22.9 Å². The van der Waals surface area contributed by atoms with Gasteiger partial charge < -0.3 is 9.47 Å². The summed E-state index contributed by atoms with van der Waals surface area (Å²) in [7, 11) is 0. The minimum absolute atomic E-state index is 0.0540. The summed E-state index contributed by atoms with van der Waals surface area (Å²) in [5.74, 6) is 0.971. The van der Waals surface area contributed by atoms with Crippen LogP contribution in [0.3, 0.4) is 0 Å². The first-order chi connectivity index (χ1) is 20.3. The molecule has 4 aromatic rings. The normalized spacial score (nSPS) is 11.2. The molecule has 4 rings (SSSR count). The summed E-state index contributed by atoms with van der Waals surface area (Å²) >= 11 is 12.3. The van der Waals surface area contributed by atoms with E-state index in [2.05, 4.69) is 9.98 Å². The average molecular weight is 607 g/mol. The molecule has 214 valence electrons. The molecule has 0 saturated heterocycles. The van der Waals surface area contributed by atoms with Gasteiger partial charge in [-0.1, -0.05) is 47.5 Å². The van der Waals surface area contributed by atoms with E-state index in [9.17, 15) is 20.2 Å². The van der Waals surface area contributed by atoms with E-state index in [1.54, 1.807) is 72.8 Å². The minimum atomic E-state index is -0.465. The van der Waals surface area contributed by atoms with Crippen molar-refractivity contribution in [1.29, 1.82) is 0 Å². The van der Waals surface area contributed by atoms with Crippen LogP contribution >= 0.6 is 23.2 Å². The van der Waals surface area contributed by atoms with E-state index in [4.69, 9.17) is 32.7 Å². The number of hydrogen-bond acceptors (Lipinski definition) is 8. The molecule has 0 heterocycles. The fourth-order valence-corrected chi connectivity index (χ4v) is 4.13. The van der Waals surface area contributed by atoms with Crippen molar-refractivity contribution in [1.82, 2.24) is 0 Å². The number of halogens is 2. The van der Waals surface area contributed by atoms with Crippen LogP contribution in [0.15, 0.2) is 94.9 Å². The van der Waals surface area contributed by atoms with Gasteiger partial charge in [-0.3, -0.25) is 30.2 Å². The van der Waals surface area contributed by atoms with E-state index < -0.39 is 9.85 Å². The Hall–Kier alpha value is -4.80. The second kappa shape index (κ2) is 14.7. The van der Waals surface area contributed by atoms with Crippen LogP contribution in [-0.4, -0.2) is 35.5 Å². The third-order valence-electron chi connectivity index (χ3n) is 5.85. The van der Waals surface area contributed by atoms with Crippen LogP contribution in [0.1, 0.15) is 24.0 Å². The molecule has 0 atom stereocenters. The van der Waals surface area contributed by atoms with Crippen LogP contribution in [0.2, 0.25) is 10.0 Å². The summed E-state index contributed by atoms with van der Waals surface area (Å²) in [5, 5.41) is 23.5. The Kier molecular flexibility index (Phi) is 10.6. The molecule has 0 aliphatic carbocycles. The zero-order chi connectivity index (χ0) is 29.9. The first-order valence-corrected chi connectivity index (χ1v) is 13.5. The SMILES string of the molecule is O=[N+]([O-])c1ccccc1C=Nc1cc(Cl)ccc1OCCCCOc1ccc(Cl)cc1N=Cc1ccccc1[N+](=O)[O-]. The Morgan fingerprint density at radius 1 is 0.643 bits per heavy atom. The fraction of sp³-hybridized carbons (Fsp3) is 0.133. The van der Waals surface area contributed by atoms with Crippen molar-refractivity contribution in [2.75, 3.05) is 13.2 Å². The molecule has 0 N–H and O–H groups in total. The Morgan fingerprint density at radius 3 is 1.45 bits per heavy atom. The molecule has 42 heavy (non-hydrogen) atoms. The van der Waals surface area contributed by atoms with Crippen LogP contribution in [-0.2, 0) is 0 Å². The summed E-state index contributed by atoms with van der Waals surface area (Å²) in [6, 6.07) is 22.6. The number of para-hydroxylation sites is 2. The molecule has 0 aliphatic heterocycles. The van der Waals surface area contributed by atoms with E-state index >= 15 is 0 Å². The Labute approximate surface area is 251 Å². The first-order valence-electron chi connectivity index (χ1n) is 12.7. The number of nitrogens with zero attached hydrogens (tertiary/aromatic N) is 4. The molecular formula is C30H24Cl2N4O6. The van der Waals surface area contributed by atoms with Gasteiger partial charge >= 0.3 is 0 Å². The van der Waals surface area contributed by atoms with E-state index in [0.29, 0.717) is 70.1 Å². The van der Waals surface area contributed by atoms with Crippen LogP contribution in [0.4, 0.5) is 22.7 Å². The summed E-state index contributed by atoms with van der Waals surface area (Å²) in [4.78, 5) is 30.4. The van der Waals surface area contributed by atoms with Crippen molar-refractivity contribution in [3.8, 4) is 11.5 Å². The van der Waals surface area contributed by atoms with E-state index in [-0.39, 0.29) is 11.4 Å². The predicted octanol–water partition coefficient (Wildman–Crippen LogP) is 8.55. The number of unbranched alkanes of at least 4 members (excludes halogenated alkanes) is 1. The summed E-state index contributed by atoms with van der Waals surface area (Å²) in [6.45, 7) is 0.727. The molecule has 4 aromatic carbocycles. The molecule has 0 radical (unpaired) electrons. The van der Waals surface area contributed by atoms with Gasteiger partial charge in [0, 0.05) is 34.6 Å². The molecule has 0 spiro atoms. The average Bonchev–Trinajstić information content (AvgIpc) is 2.98. The monoisotopic (exact) mass is 606 g/mol. The smallest absolute Gasteiger partial charge is 0.278 e. The highest BCUT2D eigenvalue weighted by Gasteiger charge is 2.12. The maximum absolute atomic E-state index is 11.3. The molecule has 12 heteroatoms. The minimum Gasteiger partial charge on any atom is -0.491 e. The molecule has 0 unspecified atom stereocenters. The highest BCUT2D eigenvalue weighted by Crippen LogP contribution is 2.33. The maximum atomic E-state index is 11.3. The summed E-state index contributed by atoms with van der Waals surface area (Å²) < 4.78 is 11.8. The molecule has 0 aromatic heterocycles. The number of hydrogen-bond donors (Lipinski definition) is 0. The number of rotatable bonds is 13. The van der Waals surface area contributed by atoms with Gasteiger partial charge in [-0.2, -0.15) is 0 Å². The lowest BCUT2D eigenvalue weighted by Crippen LogP contribution is -2.03. The van der Waals surface area contributed by atoms with Gasteiger partial charge in [-0.25, -0.2) is 0 Å². The van der Waals surface area contributed by atoms with Gasteiger partial charge in [0.15, 0.2) is 0 Å². The van der Waals surface area contributed by atoms with Gasteiger partial charge in [0.2, 0.25) is 0 Å². The van der Waals surface area contributed by atoms with E-state index in [1.807, 2.05) is 0 Å². The maximum Gasteiger partial charge on any atom is 0.278 e. The van der Waals surface area contributed by atoms with Crippen molar-refractivity contribution in [3.63, 3.8) is 0 Å². The second-order valence-electron chi connectivity index (χ2n) is 8.78. The number of ether oxygens (including phenoxy) is 2. The Bertz CT molecular complexity index is 1520. The van der Waals surface area contributed by atoms with Gasteiger partial charge in [-0.15, -0.1) is 0 Å². The molecule has 0 bridgehead atoms. The van der Waals surface area contributed by atoms with Gasteiger partial charge in [-0.05, 0) is 61.4 Å². The van der Waals surface area contributed by atoms with Crippen LogP contribution in [0.25, 0.3) is 0 Å². The Morgan fingerprint density at radius 2 is 1.05 bits per heavy atom. The third-order valence-corrected chi connectivity index (χ3v) is 6.32. The van der Waals surface area contributed by atoms with Crippen molar-refractivity contribution < 1.29 is 19.3 Å². The lowest BCUT2D eigenvalue weighted by molar-refractivity contribution is -0.385. The molecule has 0 aliphatic rings. The quantitative estimate of drug-likeness (QED) is 0.0648. The molecule has 0 saturated carbocycles. The lowest BCUT2D eigenvalue weighted by Gasteiger charge is -2.11. The third kappa shape index (κ3) is 8.35. The van der Waals surface area contributed by atoms with Gasteiger partial charge in [0.05, 0.1) is 34.2 Å². The van der Waals surface area contributed by atoms with Crippen molar-refractivity contribution in [2.24, 2.45) is 9.98 Å². The molecule has 10 nitrogen and oxygen atoms in total. The fourth-order valence-electron chi connectivity index (χ4n) is 3.80. The van der Waals surface area contributed by atoms with Crippen molar-refractivity contribution in [2.45, 2.75) is 12.8 Å². The van der Waals surface area contributed by atoms with Crippen molar-refractivity contribution >= 4 is 58.4 Å². The highest BCUT2D eigenvalue weighted by atomic mass is 35.5. The summed E-state index contributed by atoms with van der Waals surface area (Å²) in [6.07, 6.45) is 4.12. The summed E-state index contributed by atoms with van der Waals surface area (Å²) in [5.41, 5.74) is 1.50. The number of benzene rings is 4. The van der Waals surface area contributed by atoms with Gasteiger partial charge in [0.25, 0.3) is 11.4 Å². The topological polar surface area (TPSA) is 129 Å². The molecular weight excluding hydrogens is 583 g/mol. The molecule has 0 fully saturated rings. The number of nitro groups is 2. The lowest BCUT2D eigenvalue weighted by atomic mass is 10.2. The van der Waals surface area contributed by atoms with E-state index in [1.165, 1.54) is 24.6 Å². The number of aliphatic imine (C=N–C) groups is 2. The van der Waals surface area contributed by atoms with Crippen LogP contribution < -0.4 is 9.47 Å². The standard InChI is InChI=1S/C30H24Cl2N4O6/c31-23-11-13-29(25(17-23)33-19-21-7-1-3-9-27(21)35(37)38)41-15-5-6-16-42-30-14-12-24(32)18-26(30)34-20-22-8-2-4-10-28(22)36(39)40/h1-4,7-14,17-20H,5-6,15-16H2. The largest absolute Gasteiger partial charge is 0.491 e. The first kappa shape index (κ1) is 30.2. The predicted molar refractivity (Wildman–Crippen MR) is 164 cm³/mol. The van der Waals surface area contributed by atoms with Crippen LogP contribution in [0, 0.1) is 20.2 Å². The zero-order valence-electron chi connectivity index (χ0n) is 22.1. The Balaban J connectivity index is 1.33.